The molecule has 6 heteroatoms. The topological polar surface area (TPSA) is 73.6 Å². The first-order chi connectivity index (χ1) is 9.69. The van der Waals surface area contributed by atoms with Crippen molar-refractivity contribution in [2.75, 3.05) is 17.2 Å². The van der Waals surface area contributed by atoms with Gasteiger partial charge in [0.05, 0.1) is 12.5 Å². The zero-order valence-corrected chi connectivity index (χ0v) is 12.6. The molecule has 2 aromatic rings. The van der Waals surface area contributed by atoms with Crippen molar-refractivity contribution < 1.29 is 0 Å². The molecule has 0 spiro atoms. The highest BCUT2D eigenvalue weighted by atomic mass is 79.9. The molecule has 1 heterocycles. The first kappa shape index (κ1) is 14.3. The van der Waals surface area contributed by atoms with Crippen molar-refractivity contribution in [3.63, 3.8) is 0 Å². The van der Waals surface area contributed by atoms with Gasteiger partial charge in [-0.15, -0.1) is 0 Å². The average Bonchev–Trinajstić information content (AvgIpc) is 2.44. The lowest BCUT2D eigenvalue weighted by Gasteiger charge is -2.09. The zero-order chi connectivity index (χ0) is 14.4. The molecule has 0 aliphatic heterocycles. The normalized spacial score (nSPS) is 9.85. The maximum atomic E-state index is 8.50. The first-order valence-electron chi connectivity index (χ1n) is 6.15. The molecule has 102 valence electrons. The van der Waals surface area contributed by atoms with E-state index in [0.29, 0.717) is 24.6 Å². The second kappa shape index (κ2) is 6.87. The van der Waals surface area contributed by atoms with Crippen molar-refractivity contribution in [3.8, 4) is 6.07 Å². The Bertz CT molecular complexity index is 636. The van der Waals surface area contributed by atoms with Crippen LogP contribution in [-0.4, -0.2) is 16.5 Å². The number of hydrogen-bond acceptors (Lipinski definition) is 5. The van der Waals surface area contributed by atoms with Crippen LogP contribution in [0.15, 0.2) is 35.1 Å². The summed E-state index contributed by atoms with van der Waals surface area (Å²) in [6.45, 7) is 2.61. The van der Waals surface area contributed by atoms with Crippen molar-refractivity contribution in [3.05, 3.63) is 40.6 Å². The summed E-state index contributed by atoms with van der Waals surface area (Å²) in [7, 11) is 0. The fourth-order valence-corrected chi connectivity index (χ4v) is 1.89. The molecule has 0 amide bonds. The second-order valence-electron chi connectivity index (χ2n) is 4.21. The Kier molecular flexibility index (Phi) is 4.91. The van der Waals surface area contributed by atoms with E-state index in [9.17, 15) is 0 Å². The number of rotatable bonds is 5. The monoisotopic (exact) mass is 331 g/mol. The number of anilines is 3. The lowest BCUT2D eigenvalue weighted by Crippen LogP contribution is -2.04. The summed E-state index contributed by atoms with van der Waals surface area (Å²) >= 11 is 3.47. The van der Waals surface area contributed by atoms with Gasteiger partial charge in [-0.2, -0.15) is 5.26 Å². The predicted molar refractivity (Wildman–Crippen MR) is 82.9 cm³/mol. The first-order valence-corrected chi connectivity index (χ1v) is 6.94. The van der Waals surface area contributed by atoms with Gasteiger partial charge in [0.1, 0.15) is 18.0 Å². The van der Waals surface area contributed by atoms with Crippen LogP contribution < -0.4 is 10.6 Å². The Morgan fingerprint density at radius 1 is 1.25 bits per heavy atom. The number of nitrogens with one attached hydrogen (secondary N) is 2. The standard InChI is InChI=1S/C14H14BrN5/c1-10-7-11(3-4-12(10)15)20-14-8-13(18-9-19-14)17-6-2-5-16/h3-4,7-9H,2,6H2,1H3,(H2,17,18,19,20). The minimum Gasteiger partial charge on any atom is -0.369 e. The van der Waals surface area contributed by atoms with Gasteiger partial charge in [-0.1, -0.05) is 15.9 Å². The smallest absolute Gasteiger partial charge is 0.135 e. The lowest BCUT2D eigenvalue weighted by atomic mass is 10.2. The Morgan fingerprint density at radius 3 is 2.80 bits per heavy atom. The van der Waals surface area contributed by atoms with Crippen LogP contribution in [0.1, 0.15) is 12.0 Å². The maximum absolute atomic E-state index is 8.50. The Labute approximate surface area is 126 Å². The molecule has 0 saturated carbocycles. The summed E-state index contributed by atoms with van der Waals surface area (Å²) in [6.07, 6.45) is 1.93. The minimum atomic E-state index is 0.443. The molecule has 0 fully saturated rings. The number of benzene rings is 1. The van der Waals surface area contributed by atoms with Crippen LogP contribution in [0.5, 0.6) is 0 Å². The summed E-state index contributed by atoms with van der Waals surface area (Å²) in [4.78, 5) is 8.28. The van der Waals surface area contributed by atoms with Crippen LogP contribution in [0.25, 0.3) is 0 Å². The van der Waals surface area contributed by atoms with Gasteiger partial charge in [0.15, 0.2) is 0 Å². The van der Waals surface area contributed by atoms with Crippen molar-refractivity contribution in [2.24, 2.45) is 0 Å². The van der Waals surface area contributed by atoms with Gasteiger partial charge >= 0.3 is 0 Å². The molecule has 0 radical (unpaired) electrons. The second-order valence-corrected chi connectivity index (χ2v) is 5.07. The molecule has 0 aliphatic carbocycles. The molecular weight excluding hydrogens is 318 g/mol. The summed E-state index contributed by atoms with van der Waals surface area (Å²) in [5.74, 6) is 1.41. The Morgan fingerprint density at radius 2 is 2.05 bits per heavy atom. The molecule has 2 rings (SSSR count). The molecule has 1 aromatic heterocycles. The molecular formula is C14H14BrN5. The van der Waals surface area contributed by atoms with Crippen LogP contribution in [0.2, 0.25) is 0 Å². The predicted octanol–water partition coefficient (Wildman–Crippen LogP) is 3.62. The van der Waals surface area contributed by atoms with E-state index in [-0.39, 0.29) is 0 Å². The fraction of sp³-hybridized carbons (Fsp3) is 0.214. The van der Waals surface area contributed by atoms with Crippen molar-refractivity contribution in [1.29, 1.82) is 5.26 Å². The van der Waals surface area contributed by atoms with Crippen molar-refractivity contribution in [2.45, 2.75) is 13.3 Å². The Hall–Kier alpha value is -2.13. The van der Waals surface area contributed by atoms with Gasteiger partial charge in [-0.25, -0.2) is 9.97 Å². The Balaban J connectivity index is 2.07. The number of hydrogen-bond donors (Lipinski definition) is 2. The highest BCUT2D eigenvalue weighted by Gasteiger charge is 2.01. The van der Waals surface area contributed by atoms with Crippen molar-refractivity contribution in [1.82, 2.24) is 9.97 Å². The number of aromatic nitrogens is 2. The van der Waals surface area contributed by atoms with Gasteiger partial charge in [-0.3, -0.25) is 0 Å². The van der Waals surface area contributed by atoms with E-state index in [1.165, 1.54) is 6.33 Å². The van der Waals surface area contributed by atoms with E-state index >= 15 is 0 Å². The lowest BCUT2D eigenvalue weighted by molar-refractivity contribution is 1.04. The number of nitriles is 1. The van der Waals surface area contributed by atoms with Gasteiger partial charge in [-0.05, 0) is 30.7 Å². The number of aryl methyl sites for hydroxylation is 1. The summed E-state index contributed by atoms with van der Waals surface area (Å²) in [5.41, 5.74) is 2.11. The summed E-state index contributed by atoms with van der Waals surface area (Å²) in [5, 5.41) is 14.8. The van der Waals surface area contributed by atoms with Crippen LogP contribution in [0, 0.1) is 18.3 Å². The van der Waals surface area contributed by atoms with E-state index in [2.05, 4.69) is 42.6 Å². The third-order valence-corrected chi connectivity index (χ3v) is 3.53. The average molecular weight is 332 g/mol. The van der Waals surface area contributed by atoms with Gasteiger partial charge < -0.3 is 10.6 Å². The van der Waals surface area contributed by atoms with E-state index in [1.54, 1.807) is 0 Å². The summed E-state index contributed by atoms with van der Waals surface area (Å²) in [6, 6.07) is 9.89. The largest absolute Gasteiger partial charge is 0.369 e. The fourth-order valence-electron chi connectivity index (χ4n) is 1.64. The summed E-state index contributed by atoms with van der Waals surface area (Å²) < 4.78 is 1.07. The van der Waals surface area contributed by atoms with E-state index in [1.807, 2.05) is 31.2 Å². The van der Waals surface area contributed by atoms with E-state index in [4.69, 9.17) is 5.26 Å². The van der Waals surface area contributed by atoms with Gasteiger partial charge in [0.25, 0.3) is 0 Å². The van der Waals surface area contributed by atoms with Crippen LogP contribution in [0.3, 0.4) is 0 Å². The molecule has 20 heavy (non-hydrogen) atoms. The zero-order valence-electron chi connectivity index (χ0n) is 11.0. The van der Waals surface area contributed by atoms with Crippen LogP contribution in [-0.2, 0) is 0 Å². The van der Waals surface area contributed by atoms with Crippen molar-refractivity contribution >= 4 is 33.3 Å². The molecule has 0 bridgehead atoms. The van der Waals surface area contributed by atoms with Gasteiger partial charge in [0, 0.05) is 22.8 Å². The van der Waals surface area contributed by atoms with Gasteiger partial charge in [0.2, 0.25) is 0 Å². The molecule has 0 atom stereocenters. The maximum Gasteiger partial charge on any atom is 0.135 e. The highest BCUT2D eigenvalue weighted by molar-refractivity contribution is 9.10. The molecule has 0 aliphatic rings. The highest BCUT2D eigenvalue weighted by Crippen LogP contribution is 2.22. The molecule has 5 nitrogen and oxygen atoms in total. The SMILES string of the molecule is Cc1cc(Nc2cc(NCCC#N)ncn2)ccc1Br. The quantitative estimate of drug-likeness (QED) is 0.818. The third kappa shape index (κ3) is 3.93. The minimum absolute atomic E-state index is 0.443. The third-order valence-electron chi connectivity index (χ3n) is 2.64. The molecule has 1 aromatic carbocycles. The molecule has 0 saturated heterocycles. The molecule has 0 unspecified atom stereocenters. The molecule has 2 N–H and O–H groups in total. The van der Waals surface area contributed by atoms with Crippen LogP contribution in [0.4, 0.5) is 17.3 Å². The van der Waals surface area contributed by atoms with E-state index < -0.39 is 0 Å². The van der Waals surface area contributed by atoms with Crippen LogP contribution >= 0.6 is 15.9 Å². The number of nitrogens with zero attached hydrogens (tertiary/aromatic N) is 3. The number of halogens is 1. The van der Waals surface area contributed by atoms with E-state index in [0.717, 1.165) is 15.7 Å².